The summed E-state index contributed by atoms with van der Waals surface area (Å²) in [5.41, 5.74) is 1.17. The van der Waals surface area contributed by atoms with Crippen molar-refractivity contribution in [2.24, 2.45) is 0 Å². The standard InChI is InChI=1S/C18H17Cl2N3O3/c1-2-25-18(24)14-11-21-23-16(20)13(15(19)22-17(14)23)9-6-10-26-12-7-4-3-5-8-12/h3-5,7-8,11H,2,6,9-10H2,1H3. The summed E-state index contributed by atoms with van der Waals surface area (Å²) < 4.78 is 12.1. The summed E-state index contributed by atoms with van der Waals surface area (Å²) in [6.07, 6.45) is 2.65. The van der Waals surface area contributed by atoms with Gasteiger partial charge in [-0.25, -0.2) is 14.3 Å². The van der Waals surface area contributed by atoms with Gasteiger partial charge in [0.25, 0.3) is 0 Å². The third kappa shape index (κ3) is 3.92. The molecule has 6 nitrogen and oxygen atoms in total. The van der Waals surface area contributed by atoms with Crippen molar-refractivity contribution in [3.05, 3.63) is 58.0 Å². The Hall–Kier alpha value is -2.31. The molecule has 1 aromatic carbocycles. The molecule has 0 saturated heterocycles. The molecule has 3 rings (SSSR count). The maximum atomic E-state index is 12.0. The summed E-state index contributed by atoms with van der Waals surface area (Å²) in [7, 11) is 0. The number of ether oxygens (including phenoxy) is 2. The maximum absolute atomic E-state index is 12.0. The molecular formula is C18H17Cl2N3O3. The van der Waals surface area contributed by atoms with Crippen molar-refractivity contribution in [2.75, 3.05) is 13.2 Å². The monoisotopic (exact) mass is 393 g/mol. The van der Waals surface area contributed by atoms with Crippen LogP contribution >= 0.6 is 23.2 Å². The Morgan fingerprint density at radius 3 is 2.73 bits per heavy atom. The van der Waals surface area contributed by atoms with Crippen LogP contribution in [0.3, 0.4) is 0 Å². The molecule has 8 heteroatoms. The van der Waals surface area contributed by atoms with Crippen molar-refractivity contribution in [3.8, 4) is 5.75 Å². The lowest BCUT2D eigenvalue weighted by atomic mass is 10.2. The van der Waals surface area contributed by atoms with Gasteiger partial charge in [0, 0.05) is 5.56 Å². The van der Waals surface area contributed by atoms with Crippen molar-refractivity contribution in [1.29, 1.82) is 0 Å². The first kappa shape index (κ1) is 18.5. The summed E-state index contributed by atoms with van der Waals surface area (Å²) in [5, 5.41) is 4.70. The molecule has 0 aliphatic carbocycles. The van der Waals surface area contributed by atoms with Gasteiger partial charge in [0.05, 0.1) is 19.4 Å². The van der Waals surface area contributed by atoms with E-state index in [9.17, 15) is 4.79 Å². The van der Waals surface area contributed by atoms with E-state index in [0.717, 1.165) is 5.75 Å². The fourth-order valence-corrected chi connectivity index (χ4v) is 3.10. The molecule has 0 atom stereocenters. The molecule has 0 radical (unpaired) electrons. The predicted octanol–water partition coefficient (Wildman–Crippen LogP) is 4.22. The first-order chi connectivity index (χ1) is 12.6. The van der Waals surface area contributed by atoms with E-state index in [0.29, 0.717) is 30.2 Å². The van der Waals surface area contributed by atoms with Crippen LogP contribution in [0.1, 0.15) is 29.3 Å². The molecule has 0 aliphatic heterocycles. The summed E-state index contributed by atoms with van der Waals surface area (Å²) in [6, 6.07) is 9.56. The number of fused-ring (bicyclic) bond motifs is 1. The predicted molar refractivity (Wildman–Crippen MR) is 99.2 cm³/mol. The van der Waals surface area contributed by atoms with Crippen LogP contribution in [0.15, 0.2) is 36.5 Å². The Balaban J connectivity index is 1.74. The van der Waals surface area contributed by atoms with Crippen molar-refractivity contribution in [3.63, 3.8) is 0 Å². The van der Waals surface area contributed by atoms with E-state index in [1.807, 2.05) is 30.3 Å². The number of nitrogens with zero attached hydrogens (tertiary/aromatic N) is 3. The minimum atomic E-state index is -0.508. The highest BCUT2D eigenvalue weighted by Crippen LogP contribution is 2.27. The molecule has 0 aliphatic rings. The Kier molecular flexibility index (Phi) is 5.96. The number of hydrogen-bond acceptors (Lipinski definition) is 5. The number of halogens is 2. The quantitative estimate of drug-likeness (QED) is 0.341. The van der Waals surface area contributed by atoms with Gasteiger partial charge in [-0.2, -0.15) is 5.10 Å². The van der Waals surface area contributed by atoms with E-state index in [1.54, 1.807) is 6.92 Å². The largest absolute Gasteiger partial charge is 0.494 e. The summed E-state index contributed by atoms with van der Waals surface area (Å²) >= 11 is 12.7. The molecular weight excluding hydrogens is 377 g/mol. The van der Waals surface area contributed by atoms with Gasteiger partial charge in [-0.15, -0.1) is 0 Å². The average molecular weight is 394 g/mol. The van der Waals surface area contributed by atoms with E-state index >= 15 is 0 Å². The second-order valence-corrected chi connectivity index (χ2v) is 6.17. The lowest BCUT2D eigenvalue weighted by molar-refractivity contribution is 0.0528. The van der Waals surface area contributed by atoms with Crippen LogP contribution in [-0.2, 0) is 11.2 Å². The van der Waals surface area contributed by atoms with E-state index in [-0.39, 0.29) is 23.0 Å². The SMILES string of the molecule is CCOC(=O)c1cnn2c(Cl)c(CCCOc3ccccc3)c(Cl)nc12. The number of rotatable bonds is 7. The highest BCUT2D eigenvalue weighted by Gasteiger charge is 2.20. The first-order valence-electron chi connectivity index (χ1n) is 8.18. The summed E-state index contributed by atoms with van der Waals surface area (Å²) in [6.45, 7) is 2.51. The van der Waals surface area contributed by atoms with Crippen LogP contribution in [0.2, 0.25) is 10.3 Å². The smallest absolute Gasteiger partial charge is 0.343 e. The molecule has 0 spiro atoms. The Labute approximate surface area is 160 Å². The molecule has 26 heavy (non-hydrogen) atoms. The van der Waals surface area contributed by atoms with Crippen LogP contribution in [-0.4, -0.2) is 33.8 Å². The molecule has 136 valence electrons. The molecule has 0 saturated carbocycles. The zero-order valence-corrected chi connectivity index (χ0v) is 15.6. The number of para-hydroxylation sites is 1. The minimum absolute atomic E-state index is 0.231. The summed E-state index contributed by atoms with van der Waals surface area (Å²) in [4.78, 5) is 16.2. The molecule has 2 heterocycles. The Morgan fingerprint density at radius 1 is 1.23 bits per heavy atom. The van der Waals surface area contributed by atoms with Gasteiger partial charge >= 0.3 is 5.97 Å². The highest BCUT2D eigenvalue weighted by molar-refractivity contribution is 6.35. The van der Waals surface area contributed by atoms with Crippen LogP contribution in [0.25, 0.3) is 5.65 Å². The number of benzene rings is 1. The number of esters is 1. The van der Waals surface area contributed by atoms with E-state index < -0.39 is 5.97 Å². The van der Waals surface area contributed by atoms with Crippen molar-refractivity contribution in [2.45, 2.75) is 19.8 Å². The van der Waals surface area contributed by atoms with E-state index in [1.165, 1.54) is 10.7 Å². The third-order valence-electron chi connectivity index (χ3n) is 3.71. The van der Waals surface area contributed by atoms with E-state index in [2.05, 4.69) is 10.1 Å². The molecule has 0 fully saturated rings. The van der Waals surface area contributed by atoms with E-state index in [4.69, 9.17) is 32.7 Å². The Bertz CT molecular complexity index is 913. The maximum Gasteiger partial charge on any atom is 0.343 e. The van der Waals surface area contributed by atoms with Crippen molar-refractivity contribution >= 4 is 34.8 Å². The van der Waals surface area contributed by atoms with Crippen LogP contribution < -0.4 is 4.74 Å². The topological polar surface area (TPSA) is 65.7 Å². The lowest BCUT2D eigenvalue weighted by Gasteiger charge is -2.09. The Morgan fingerprint density at radius 2 is 2.00 bits per heavy atom. The van der Waals surface area contributed by atoms with Crippen molar-refractivity contribution < 1.29 is 14.3 Å². The second kappa shape index (κ2) is 8.38. The van der Waals surface area contributed by atoms with Crippen molar-refractivity contribution in [1.82, 2.24) is 14.6 Å². The molecule has 0 N–H and O–H groups in total. The molecule has 0 unspecified atom stereocenters. The normalized spacial score (nSPS) is 10.9. The fourth-order valence-electron chi connectivity index (χ4n) is 2.48. The number of carbonyl (C=O) groups is 1. The third-order valence-corrected chi connectivity index (χ3v) is 4.41. The fraction of sp³-hybridized carbons (Fsp3) is 0.278. The van der Waals surface area contributed by atoms with Crippen LogP contribution in [0.4, 0.5) is 0 Å². The lowest BCUT2D eigenvalue weighted by Crippen LogP contribution is -2.07. The van der Waals surface area contributed by atoms with Gasteiger partial charge in [-0.1, -0.05) is 41.4 Å². The van der Waals surface area contributed by atoms with Gasteiger partial charge in [0.2, 0.25) is 0 Å². The van der Waals surface area contributed by atoms with Gasteiger partial charge in [-0.05, 0) is 31.9 Å². The number of hydrogen-bond donors (Lipinski definition) is 0. The van der Waals surface area contributed by atoms with Crippen LogP contribution in [0.5, 0.6) is 5.75 Å². The first-order valence-corrected chi connectivity index (χ1v) is 8.94. The average Bonchev–Trinajstić information content (AvgIpc) is 3.06. The van der Waals surface area contributed by atoms with Gasteiger partial charge in [-0.3, -0.25) is 0 Å². The number of carbonyl (C=O) groups excluding carboxylic acids is 1. The number of aromatic nitrogens is 3. The molecule has 3 aromatic rings. The zero-order valence-electron chi connectivity index (χ0n) is 14.1. The zero-order chi connectivity index (χ0) is 18.5. The molecule has 0 bridgehead atoms. The van der Waals surface area contributed by atoms with Crippen LogP contribution in [0, 0.1) is 0 Å². The molecule has 2 aromatic heterocycles. The minimum Gasteiger partial charge on any atom is -0.494 e. The van der Waals surface area contributed by atoms with Gasteiger partial charge in [0.15, 0.2) is 5.65 Å². The second-order valence-electron chi connectivity index (χ2n) is 5.45. The van der Waals surface area contributed by atoms with Gasteiger partial charge < -0.3 is 9.47 Å². The summed E-state index contributed by atoms with van der Waals surface area (Å²) in [5.74, 6) is 0.301. The molecule has 0 amide bonds. The van der Waals surface area contributed by atoms with Gasteiger partial charge in [0.1, 0.15) is 21.6 Å². The highest BCUT2D eigenvalue weighted by atomic mass is 35.5.